The topological polar surface area (TPSA) is 29.3 Å². The van der Waals surface area contributed by atoms with Crippen LogP contribution in [0.4, 0.5) is 0 Å². The highest BCUT2D eigenvalue weighted by atomic mass is 32.1. The summed E-state index contributed by atoms with van der Waals surface area (Å²) in [5.74, 6) is 0. The van der Waals surface area contributed by atoms with Gasteiger partial charge in [-0.1, -0.05) is 20.8 Å². The van der Waals surface area contributed by atoms with E-state index in [1.54, 1.807) is 0 Å². The Kier molecular flexibility index (Phi) is 4.15. The molecule has 102 valence electrons. The molecule has 2 N–H and O–H groups in total. The molecule has 1 aromatic rings. The molecule has 2 atom stereocenters. The molecule has 0 aliphatic carbocycles. The zero-order valence-corrected chi connectivity index (χ0v) is 12.9. The first-order valence-corrected chi connectivity index (χ1v) is 7.80. The van der Waals surface area contributed by atoms with Gasteiger partial charge < -0.3 is 5.73 Å². The van der Waals surface area contributed by atoms with E-state index in [-0.39, 0.29) is 6.04 Å². The van der Waals surface area contributed by atoms with Crippen molar-refractivity contribution < 1.29 is 0 Å². The van der Waals surface area contributed by atoms with Crippen molar-refractivity contribution in [2.75, 3.05) is 13.1 Å². The molecule has 18 heavy (non-hydrogen) atoms. The Bertz CT molecular complexity index is 397. The molecule has 3 heteroatoms. The monoisotopic (exact) mass is 266 g/mol. The fourth-order valence-electron chi connectivity index (χ4n) is 2.89. The lowest BCUT2D eigenvalue weighted by Gasteiger charge is -2.32. The van der Waals surface area contributed by atoms with Crippen LogP contribution in [0.5, 0.6) is 0 Å². The van der Waals surface area contributed by atoms with Crippen molar-refractivity contribution in [3.63, 3.8) is 0 Å². The number of likely N-dealkylation sites (tertiary alicyclic amines) is 1. The number of hydrogen-bond acceptors (Lipinski definition) is 3. The average molecular weight is 266 g/mol. The third kappa shape index (κ3) is 2.95. The third-order valence-corrected chi connectivity index (χ3v) is 5.10. The van der Waals surface area contributed by atoms with Crippen LogP contribution >= 0.6 is 11.3 Å². The van der Waals surface area contributed by atoms with E-state index in [0.29, 0.717) is 11.5 Å². The van der Waals surface area contributed by atoms with Crippen LogP contribution in [0.25, 0.3) is 0 Å². The molecule has 2 heterocycles. The first-order valence-electron chi connectivity index (χ1n) is 6.99. The number of hydrogen-bond donors (Lipinski definition) is 1. The molecule has 0 bridgehead atoms. The van der Waals surface area contributed by atoms with E-state index in [0.717, 1.165) is 6.42 Å². The fraction of sp³-hybridized carbons (Fsp3) is 0.733. The molecule has 1 aliphatic rings. The molecule has 1 fully saturated rings. The van der Waals surface area contributed by atoms with Crippen LogP contribution in [0.15, 0.2) is 12.1 Å². The van der Waals surface area contributed by atoms with Crippen molar-refractivity contribution in [1.29, 1.82) is 0 Å². The smallest absolute Gasteiger partial charge is 0.0593 e. The van der Waals surface area contributed by atoms with Gasteiger partial charge in [-0.25, -0.2) is 0 Å². The normalized spacial score (nSPS) is 23.2. The van der Waals surface area contributed by atoms with Gasteiger partial charge in [0.25, 0.3) is 0 Å². The third-order valence-electron chi connectivity index (χ3n) is 4.03. The minimum Gasteiger partial charge on any atom is -0.326 e. The van der Waals surface area contributed by atoms with Gasteiger partial charge >= 0.3 is 0 Å². The van der Waals surface area contributed by atoms with E-state index in [9.17, 15) is 0 Å². The maximum absolute atomic E-state index is 6.39. The van der Waals surface area contributed by atoms with Gasteiger partial charge in [0.2, 0.25) is 0 Å². The zero-order valence-electron chi connectivity index (χ0n) is 12.1. The maximum Gasteiger partial charge on any atom is 0.0593 e. The summed E-state index contributed by atoms with van der Waals surface area (Å²) in [6, 6.07) is 5.15. The van der Waals surface area contributed by atoms with Crippen molar-refractivity contribution in [2.24, 2.45) is 11.1 Å². The van der Waals surface area contributed by atoms with Crippen LogP contribution in [0.3, 0.4) is 0 Å². The predicted octanol–water partition coefficient (Wildman–Crippen LogP) is 3.57. The molecule has 1 aromatic heterocycles. The number of thiophene rings is 1. The lowest BCUT2D eigenvalue weighted by Crippen LogP contribution is -2.40. The van der Waals surface area contributed by atoms with Crippen molar-refractivity contribution in [3.8, 4) is 0 Å². The predicted molar refractivity (Wildman–Crippen MR) is 80.0 cm³/mol. The van der Waals surface area contributed by atoms with Gasteiger partial charge in [-0.05, 0) is 43.9 Å². The molecule has 2 unspecified atom stereocenters. The first-order chi connectivity index (χ1) is 8.43. The number of aryl methyl sites for hydroxylation is 1. The maximum atomic E-state index is 6.39. The molecule has 2 nitrogen and oxygen atoms in total. The summed E-state index contributed by atoms with van der Waals surface area (Å²) in [5, 5.41) is 0. The Morgan fingerprint density at radius 2 is 2.17 bits per heavy atom. The van der Waals surface area contributed by atoms with E-state index < -0.39 is 0 Å². The van der Waals surface area contributed by atoms with E-state index in [1.807, 2.05) is 11.3 Å². The van der Waals surface area contributed by atoms with Crippen LogP contribution in [0.1, 0.15) is 49.4 Å². The molecule has 0 radical (unpaired) electrons. The fourth-order valence-corrected chi connectivity index (χ4v) is 3.98. The highest BCUT2D eigenvalue weighted by Crippen LogP contribution is 2.38. The number of nitrogens with two attached hydrogens (primary N) is 1. The highest BCUT2D eigenvalue weighted by Gasteiger charge is 2.36. The molecule has 1 saturated heterocycles. The van der Waals surface area contributed by atoms with Crippen LogP contribution in [-0.2, 0) is 0 Å². The molecule has 0 aromatic carbocycles. The molecular formula is C15H26N2S. The Morgan fingerprint density at radius 1 is 1.44 bits per heavy atom. The van der Waals surface area contributed by atoms with E-state index >= 15 is 0 Å². The van der Waals surface area contributed by atoms with E-state index in [4.69, 9.17) is 5.73 Å². The Morgan fingerprint density at radius 3 is 2.61 bits per heavy atom. The molecule has 0 amide bonds. The molecule has 1 aliphatic heterocycles. The Balaban J connectivity index is 2.21. The quantitative estimate of drug-likeness (QED) is 0.903. The SMILES string of the molecule is CCC(N)C(c1ccc(C)s1)N1CCC(C)(C)C1. The van der Waals surface area contributed by atoms with Crippen molar-refractivity contribution in [2.45, 2.75) is 52.6 Å². The Hall–Kier alpha value is -0.380. The lowest BCUT2D eigenvalue weighted by atomic mass is 9.93. The summed E-state index contributed by atoms with van der Waals surface area (Å²) >= 11 is 1.90. The van der Waals surface area contributed by atoms with Crippen LogP contribution in [0.2, 0.25) is 0 Å². The van der Waals surface area contributed by atoms with Crippen LogP contribution in [0, 0.1) is 12.3 Å². The van der Waals surface area contributed by atoms with Crippen molar-refractivity contribution >= 4 is 11.3 Å². The van der Waals surface area contributed by atoms with Gasteiger partial charge in [-0.2, -0.15) is 0 Å². The van der Waals surface area contributed by atoms with Gasteiger partial charge in [0.1, 0.15) is 0 Å². The van der Waals surface area contributed by atoms with Gasteiger partial charge in [-0.3, -0.25) is 4.90 Å². The molecule has 2 rings (SSSR count). The summed E-state index contributed by atoms with van der Waals surface area (Å²) in [7, 11) is 0. The van der Waals surface area contributed by atoms with E-state index in [1.165, 1.54) is 29.3 Å². The van der Waals surface area contributed by atoms with Crippen LogP contribution in [-0.4, -0.2) is 24.0 Å². The largest absolute Gasteiger partial charge is 0.326 e. The van der Waals surface area contributed by atoms with Crippen molar-refractivity contribution in [3.05, 3.63) is 21.9 Å². The second-order valence-electron chi connectivity index (χ2n) is 6.35. The molecule has 0 spiro atoms. The van der Waals surface area contributed by atoms with Crippen molar-refractivity contribution in [1.82, 2.24) is 4.90 Å². The van der Waals surface area contributed by atoms with E-state index in [2.05, 4.69) is 44.7 Å². The lowest BCUT2D eigenvalue weighted by molar-refractivity contribution is 0.192. The summed E-state index contributed by atoms with van der Waals surface area (Å²) in [4.78, 5) is 5.43. The summed E-state index contributed by atoms with van der Waals surface area (Å²) < 4.78 is 0. The summed E-state index contributed by atoms with van der Waals surface area (Å²) in [5.41, 5.74) is 6.83. The standard InChI is InChI=1S/C15H26N2S/c1-5-12(16)14(13-7-6-11(2)18-13)17-9-8-15(3,4)10-17/h6-7,12,14H,5,8-10,16H2,1-4H3. The Labute approximate surface area is 115 Å². The zero-order chi connectivity index (χ0) is 13.3. The second-order valence-corrected chi connectivity index (χ2v) is 7.67. The van der Waals surface area contributed by atoms with Gasteiger partial charge in [-0.15, -0.1) is 11.3 Å². The minimum atomic E-state index is 0.247. The van der Waals surface area contributed by atoms with Crippen LogP contribution < -0.4 is 5.73 Å². The second kappa shape index (κ2) is 5.32. The molecular weight excluding hydrogens is 240 g/mol. The minimum absolute atomic E-state index is 0.247. The number of rotatable bonds is 4. The summed E-state index contributed by atoms with van der Waals surface area (Å²) in [6.45, 7) is 11.4. The average Bonchev–Trinajstić information content (AvgIpc) is 2.86. The number of nitrogens with zero attached hydrogens (tertiary/aromatic N) is 1. The molecule has 0 saturated carbocycles. The highest BCUT2D eigenvalue weighted by molar-refractivity contribution is 7.12. The van der Waals surface area contributed by atoms with Gasteiger partial charge in [0.05, 0.1) is 6.04 Å². The van der Waals surface area contributed by atoms with Gasteiger partial charge in [0, 0.05) is 22.3 Å². The summed E-state index contributed by atoms with van der Waals surface area (Å²) in [6.07, 6.45) is 2.32. The first kappa shape index (κ1) is 14.0. The van der Waals surface area contributed by atoms with Gasteiger partial charge in [0.15, 0.2) is 0 Å².